The Hall–Kier alpha value is -1.52. The summed E-state index contributed by atoms with van der Waals surface area (Å²) in [5, 5.41) is 0. The monoisotopic (exact) mass is 614 g/mol. The molecule has 5 heteroatoms. The Bertz CT molecular complexity index is 1010. The molecular weight excluding hydrogens is 546 g/mol. The molecule has 0 radical (unpaired) electrons. The van der Waals surface area contributed by atoms with E-state index in [2.05, 4.69) is 40.7 Å². The first kappa shape index (κ1) is 35.3. The van der Waals surface area contributed by atoms with Crippen LogP contribution in [0, 0.1) is 46.3 Å². The van der Waals surface area contributed by atoms with Crippen molar-refractivity contribution < 1.29 is 19.1 Å². The predicted molar refractivity (Wildman–Crippen MR) is 180 cm³/mol. The third-order valence-electron chi connectivity index (χ3n) is 12.7. The molecule has 1 amide bonds. The van der Waals surface area contributed by atoms with Crippen molar-refractivity contribution in [2.45, 2.75) is 164 Å². The van der Waals surface area contributed by atoms with Crippen LogP contribution < -0.4 is 0 Å². The number of fused-ring (bicyclic) bond motifs is 5. The molecule has 0 aromatic rings. The third kappa shape index (κ3) is 7.88. The first-order chi connectivity index (χ1) is 20.7. The van der Waals surface area contributed by atoms with Gasteiger partial charge in [0, 0.05) is 19.0 Å². The van der Waals surface area contributed by atoms with Crippen LogP contribution in [-0.2, 0) is 14.3 Å². The zero-order valence-electron chi connectivity index (χ0n) is 30.0. The number of carbonyl (C=O) groups is 2. The van der Waals surface area contributed by atoms with E-state index in [1.54, 1.807) is 5.57 Å². The minimum Gasteiger partial charge on any atom is -0.466 e. The molecule has 8 atom stereocenters. The van der Waals surface area contributed by atoms with Crippen molar-refractivity contribution in [3.63, 3.8) is 0 Å². The number of allylic oxidation sites excluding steroid dienone is 1. The summed E-state index contributed by atoms with van der Waals surface area (Å²) in [5.41, 5.74) is 1.84. The highest BCUT2D eigenvalue weighted by Crippen LogP contribution is 2.67. The van der Waals surface area contributed by atoms with Gasteiger partial charge in [0.25, 0.3) is 0 Å². The van der Waals surface area contributed by atoms with Gasteiger partial charge in [0.1, 0.15) is 5.60 Å². The first-order valence-corrected chi connectivity index (χ1v) is 18.5. The summed E-state index contributed by atoms with van der Waals surface area (Å²) in [5.74, 6) is 4.86. The van der Waals surface area contributed by atoms with E-state index < -0.39 is 5.60 Å². The molecule has 0 aromatic carbocycles. The number of nitrogens with zero attached hydrogens (tertiary/aromatic N) is 1. The Morgan fingerprint density at radius 2 is 1.73 bits per heavy atom. The van der Waals surface area contributed by atoms with Crippen molar-refractivity contribution >= 4 is 12.1 Å². The second-order valence-corrected chi connectivity index (χ2v) is 17.1. The third-order valence-corrected chi connectivity index (χ3v) is 12.7. The lowest BCUT2D eigenvalue weighted by molar-refractivity contribution is -0.143. The fourth-order valence-electron chi connectivity index (χ4n) is 10.5. The summed E-state index contributed by atoms with van der Waals surface area (Å²) in [7, 11) is 0. The highest BCUT2D eigenvalue weighted by Gasteiger charge is 2.59. The molecule has 44 heavy (non-hydrogen) atoms. The Kier molecular flexibility index (Phi) is 11.6. The van der Waals surface area contributed by atoms with Crippen LogP contribution in [0.25, 0.3) is 0 Å². The molecule has 3 fully saturated rings. The van der Waals surface area contributed by atoms with Crippen molar-refractivity contribution in [1.29, 1.82) is 0 Å². The summed E-state index contributed by atoms with van der Waals surface area (Å²) in [6.07, 6.45) is 18.5. The van der Waals surface area contributed by atoms with Gasteiger partial charge in [-0.3, -0.25) is 4.79 Å². The van der Waals surface area contributed by atoms with Gasteiger partial charge in [0.15, 0.2) is 0 Å². The Balaban J connectivity index is 1.44. The molecule has 3 saturated carbocycles. The molecule has 4 rings (SSSR count). The van der Waals surface area contributed by atoms with Gasteiger partial charge in [0.2, 0.25) is 0 Å². The van der Waals surface area contributed by atoms with Crippen LogP contribution in [0.3, 0.4) is 0 Å². The lowest BCUT2D eigenvalue weighted by Gasteiger charge is -2.59. The molecule has 0 spiro atoms. The maximum absolute atomic E-state index is 13.5. The van der Waals surface area contributed by atoms with Crippen molar-refractivity contribution in [3.8, 4) is 0 Å². The lowest BCUT2D eigenvalue weighted by atomic mass is 9.46. The van der Waals surface area contributed by atoms with Gasteiger partial charge < -0.3 is 14.4 Å². The highest BCUT2D eigenvalue weighted by molar-refractivity contribution is 5.69. The van der Waals surface area contributed by atoms with E-state index in [-0.39, 0.29) is 23.5 Å². The van der Waals surface area contributed by atoms with Gasteiger partial charge in [0.05, 0.1) is 6.61 Å². The smallest absolute Gasteiger partial charge is 0.410 e. The van der Waals surface area contributed by atoms with Gasteiger partial charge in [-0.1, -0.05) is 65.5 Å². The van der Waals surface area contributed by atoms with E-state index in [1.165, 1.54) is 51.4 Å². The molecule has 5 nitrogen and oxygen atoms in total. The topological polar surface area (TPSA) is 55.8 Å². The minimum absolute atomic E-state index is 0.149. The van der Waals surface area contributed by atoms with Crippen molar-refractivity contribution in [2.75, 3.05) is 13.2 Å². The molecule has 4 aliphatic carbocycles. The van der Waals surface area contributed by atoms with Crippen LogP contribution in [0.2, 0.25) is 0 Å². The highest BCUT2D eigenvalue weighted by atomic mass is 16.6. The van der Waals surface area contributed by atoms with Crippen LogP contribution in [0.15, 0.2) is 11.6 Å². The first-order valence-electron chi connectivity index (χ1n) is 18.5. The van der Waals surface area contributed by atoms with E-state index in [0.29, 0.717) is 25.0 Å². The van der Waals surface area contributed by atoms with Crippen LogP contribution in [0.4, 0.5) is 4.79 Å². The van der Waals surface area contributed by atoms with Crippen LogP contribution in [0.1, 0.15) is 152 Å². The van der Waals surface area contributed by atoms with E-state index in [9.17, 15) is 9.59 Å². The number of hydrogen-bond acceptors (Lipinski definition) is 4. The number of rotatable bonds is 12. The lowest BCUT2D eigenvalue weighted by Crippen LogP contribution is -2.53. The van der Waals surface area contributed by atoms with E-state index in [4.69, 9.17) is 9.47 Å². The molecule has 3 unspecified atom stereocenters. The second kappa shape index (κ2) is 14.5. The van der Waals surface area contributed by atoms with Gasteiger partial charge in [-0.15, -0.1) is 0 Å². The predicted octanol–water partition coefficient (Wildman–Crippen LogP) is 10.4. The molecule has 0 aromatic heterocycles. The molecule has 252 valence electrons. The second-order valence-electron chi connectivity index (χ2n) is 17.1. The van der Waals surface area contributed by atoms with Crippen LogP contribution >= 0.6 is 0 Å². The van der Waals surface area contributed by atoms with E-state index in [1.807, 2.05) is 32.6 Å². The summed E-state index contributed by atoms with van der Waals surface area (Å²) in [4.78, 5) is 27.4. The van der Waals surface area contributed by atoms with Gasteiger partial charge in [-0.2, -0.15) is 0 Å². The van der Waals surface area contributed by atoms with Crippen molar-refractivity contribution in [3.05, 3.63) is 11.6 Å². The Morgan fingerprint density at radius 3 is 2.41 bits per heavy atom. The maximum atomic E-state index is 13.5. The standard InChI is InChI=1S/C39H67NO4/c1-10-43-35(41)16-11-12-25-40(36(42)44-37(5,6)7)30-21-23-38(8)29(26-30)17-18-31-33-20-19-32(28(4)15-13-14-27(2)3)39(33,9)24-22-34(31)38/h17,27-28,30-34H,10-16,18-26H2,1-9H3/t28-,30+,31?,32-,33?,34?,38+,39-/m1/s1. The molecule has 0 N–H and O–H groups in total. The van der Waals surface area contributed by atoms with E-state index in [0.717, 1.165) is 67.6 Å². The number of amides is 1. The molecule has 0 heterocycles. The van der Waals surface area contributed by atoms with Gasteiger partial charge in [-0.25, -0.2) is 4.79 Å². The van der Waals surface area contributed by atoms with Crippen LogP contribution in [0.5, 0.6) is 0 Å². The van der Waals surface area contributed by atoms with Crippen molar-refractivity contribution in [2.24, 2.45) is 46.3 Å². The minimum atomic E-state index is -0.527. The number of carbonyl (C=O) groups excluding carboxylic acids is 2. The molecule has 0 aliphatic heterocycles. The van der Waals surface area contributed by atoms with Crippen LogP contribution in [-0.4, -0.2) is 41.8 Å². The fourth-order valence-corrected chi connectivity index (χ4v) is 10.5. The Morgan fingerprint density at radius 1 is 0.977 bits per heavy atom. The molecular formula is C39H67NO4. The van der Waals surface area contributed by atoms with Gasteiger partial charge >= 0.3 is 12.1 Å². The number of unbranched alkanes of at least 4 members (excludes halogenated alkanes) is 1. The molecule has 0 saturated heterocycles. The summed E-state index contributed by atoms with van der Waals surface area (Å²) >= 11 is 0. The number of ether oxygens (including phenoxy) is 2. The summed E-state index contributed by atoms with van der Waals surface area (Å²) < 4.78 is 11.0. The average Bonchev–Trinajstić information content (AvgIpc) is 3.29. The molecule has 4 aliphatic rings. The fraction of sp³-hybridized carbons (Fsp3) is 0.897. The van der Waals surface area contributed by atoms with Crippen molar-refractivity contribution in [1.82, 2.24) is 4.90 Å². The zero-order valence-corrected chi connectivity index (χ0v) is 30.0. The summed E-state index contributed by atoms with van der Waals surface area (Å²) in [6.45, 7) is 21.3. The molecule has 0 bridgehead atoms. The maximum Gasteiger partial charge on any atom is 0.410 e. The van der Waals surface area contributed by atoms with Gasteiger partial charge in [-0.05, 0) is 138 Å². The largest absolute Gasteiger partial charge is 0.466 e. The SMILES string of the molecule is CCOC(=O)CCCCN(C(=O)OC(C)(C)C)[C@H]1CC[C@@]2(C)C(=CCC3C2CC[C@@]2(C)C3CC[C@@H]2[C@H](C)CCCC(C)C)C1. The normalized spacial score (nSPS) is 34.0. The zero-order chi connectivity index (χ0) is 32.3. The summed E-state index contributed by atoms with van der Waals surface area (Å²) in [6, 6.07) is 0.166. The number of hydrogen-bond donors (Lipinski definition) is 0. The number of esters is 1. The quantitative estimate of drug-likeness (QED) is 0.125. The average molecular weight is 614 g/mol. The Labute approximate surface area is 270 Å². The van der Waals surface area contributed by atoms with E-state index >= 15 is 0 Å².